The average molecular weight is 353 g/mol. The summed E-state index contributed by atoms with van der Waals surface area (Å²) in [6.07, 6.45) is 0. The molecule has 1 aliphatic heterocycles. The fourth-order valence-corrected chi connectivity index (χ4v) is 2.75. The summed E-state index contributed by atoms with van der Waals surface area (Å²) in [5.74, 6) is -0.330. The SMILES string of the molecule is O=C(NCCN1CCOCC1)c1ccc(C(=O)Nc2ccccc2)cc1. The van der Waals surface area contributed by atoms with Crippen molar-refractivity contribution in [3.05, 3.63) is 65.7 Å². The third-order valence-corrected chi connectivity index (χ3v) is 4.26. The Kier molecular flexibility index (Phi) is 6.35. The van der Waals surface area contributed by atoms with Crippen LogP contribution in [0.5, 0.6) is 0 Å². The normalized spacial score (nSPS) is 14.6. The molecule has 0 saturated carbocycles. The van der Waals surface area contributed by atoms with Gasteiger partial charge < -0.3 is 15.4 Å². The van der Waals surface area contributed by atoms with Gasteiger partial charge in [0, 0.05) is 43.0 Å². The maximum Gasteiger partial charge on any atom is 0.255 e. The summed E-state index contributed by atoms with van der Waals surface area (Å²) in [4.78, 5) is 26.7. The second-order valence-corrected chi connectivity index (χ2v) is 6.11. The molecule has 1 fully saturated rings. The van der Waals surface area contributed by atoms with E-state index in [1.165, 1.54) is 0 Å². The van der Waals surface area contributed by atoms with Gasteiger partial charge in [0.25, 0.3) is 11.8 Å². The Balaban J connectivity index is 1.48. The van der Waals surface area contributed by atoms with Gasteiger partial charge in [0.1, 0.15) is 0 Å². The second kappa shape index (κ2) is 9.12. The van der Waals surface area contributed by atoms with Crippen LogP contribution in [0.3, 0.4) is 0 Å². The lowest BCUT2D eigenvalue weighted by Crippen LogP contribution is -2.41. The van der Waals surface area contributed by atoms with Gasteiger partial charge in [0.15, 0.2) is 0 Å². The minimum Gasteiger partial charge on any atom is -0.379 e. The fourth-order valence-electron chi connectivity index (χ4n) is 2.75. The van der Waals surface area contributed by atoms with Gasteiger partial charge in [-0.25, -0.2) is 0 Å². The highest BCUT2D eigenvalue weighted by Crippen LogP contribution is 2.10. The standard InChI is InChI=1S/C20H23N3O3/c24-19(21-10-11-23-12-14-26-15-13-23)16-6-8-17(9-7-16)20(25)22-18-4-2-1-3-5-18/h1-9H,10-15H2,(H,21,24)(H,22,25). The van der Waals surface area contributed by atoms with E-state index in [4.69, 9.17) is 4.74 Å². The number of anilines is 1. The number of carbonyl (C=O) groups excluding carboxylic acids is 2. The highest BCUT2D eigenvalue weighted by atomic mass is 16.5. The van der Waals surface area contributed by atoms with E-state index in [0.717, 1.165) is 38.5 Å². The Hall–Kier alpha value is -2.70. The number of rotatable bonds is 6. The number of morpholine rings is 1. The van der Waals surface area contributed by atoms with Gasteiger partial charge in [-0.15, -0.1) is 0 Å². The number of hydrogen-bond donors (Lipinski definition) is 2. The van der Waals surface area contributed by atoms with Crippen LogP contribution in [0.25, 0.3) is 0 Å². The molecule has 2 amide bonds. The quantitative estimate of drug-likeness (QED) is 0.833. The summed E-state index contributed by atoms with van der Waals surface area (Å²) in [6.45, 7) is 4.71. The Bertz CT molecular complexity index is 726. The highest BCUT2D eigenvalue weighted by Gasteiger charge is 2.12. The molecule has 2 aromatic carbocycles. The van der Waals surface area contributed by atoms with E-state index >= 15 is 0 Å². The molecule has 0 aromatic heterocycles. The monoisotopic (exact) mass is 353 g/mol. The average Bonchev–Trinajstić information content (AvgIpc) is 2.69. The zero-order chi connectivity index (χ0) is 18.2. The van der Waals surface area contributed by atoms with Crippen LogP contribution in [0.1, 0.15) is 20.7 Å². The molecule has 2 N–H and O–H groups in total. The number of amides is 2. The third-order valence-electron chi connectivity index (χ3n) is 4.26. The molecule has 1 aliphatic rings. The van der Waals surface area contributed by atoms with Crippen LogP contribution in [0.4, 0.5) is 5.69 Å². The van der Waals surface area contributed by atoms with Crippen molar-refractivity contribution in [3.63, 3.8) is 0 Å². The highest BCUT2D eigenvalue weighted by molar-refractivity contribution is 6.05. The zero-order valence-corrected chi connectivity index (χ0v) is 14.6. The predicted octanol–water partition coefficient (Wildman–Crippen LogP) is 2.00. The molecule has 136 valence electrons. The summed E-state index contributed by atoms with van der Waals surface area (Å²) < 4.78 is 5.30. The number of hydrogen-bond acceptors (Lipinski definition) is 4. The van der Waals surface area contributed by atoms with Gasteiger partial charge in [0.05, 0.1) is 13.2 Å². The summed E-state index contributed by atoms with van der Waals surface area (Å²) in [5, 5.41) is 5.74. The van der Waals surface area contributed by atoms with E-state index in [-0.39, 0.29) is 11.8 Å². The number of para-hydroxylation sites is 1. The van der Waals surface area contributed by atoms with Gasteiger partial charge in [0.2, 0.25) is 0 Å². The second-order valence-electron chi connectivity index (χ2n) is 6.11. The lowest BCUT2D eigenvalue weighted by molar-refractivity contribution is 0.0383. The molecular weight excluding hydrogens is 330 g/mol. The van der Waals surface area contributed by atoms with Gasteiger partial charge in [-0.2, -0.15) is 0 Å². The molecule has 6 heteroatoms. The molecule has 3 rings (SSSR count). The van der Waals surface area contributed by atoms with Gasteiger partial charge in [-0.1, -0.05) is 18.2 Å². The molecule has 26 heavy (non-hydrogen) atoms. The number of ether oxygens (including phenoxy) is 1. The van der Waals surface area contributed by atoms with Crippen molar-refractivity contribution in [1.29, 1.82) is 0 Å². The first kappa shape index (κ1) is 18.1. The van der Waals surface area contributed by atoms with E-state index in [2.05, 4.69) is 15.5 Å². The van der Waals surface area contributed by atoms with Crippen LogP contribution in [-0.4, -0.2) is 56.1 Å². The van der Waals surface area contributed by atoms with Crippen LogP contribution in [0.15, 0.2) is 54.6 Å². The molecule has 6 nitrogen and oxygen atoms in total. The summed E-state index contributed by atoms with van der Waals surface area (Å²) in [5.41, 5.74) is 1.80. The van der Waals surface area contributed by atoms with Crippen molar-refractivity contribution in [3.8, 4) is 0 Å². The van der Waals surface area contributed by atoms with Crippen LogP contribution in [0.2, 0.25) is 0 Å². The van der Waals surface area contributed by atoms with Gasteiger partial charge >= 0.3 is 0 Å². The maximum atomic E-state index is 12.2. The van der Waals surface area contributed by atoms with E-state index in [1.807, 2.05) is 30.3 Å². The molecule has 0 unspecified atom stereocenters. The minimum absolute atomic E-state index is 0.131. The van der Waals surface area contributed by atoms with Crippen molar-refractivity contribution < 1.29 is 14.3 Å². The molecular formula is C20H23N3O3. The number of carbonyl (C=O) groups is 2. The summed E-state index contributed by atoms with van der Waals surface area (Å²) in [7, 11) is 0. The van der Waals surface area contributed by atoms with Crippen molar-refractivity contribution in [2.45, 2.75) is 0 Å². The first-order valence-corrected chi connectivity index (χ1v) is 8.77. The molecule has 0 spiro atoms. The zero-order valence-electron chi connectivity index (χ0n) is 14.6. The van der Waals surface area contributed by atoms with Crippen molar-refractivity contribution in [2.75, 3.05) is 44.7 Å². The molecule has 0 bridgehead atoms. The minimum atomic E-state index is -0.199. The summed E-state index contributed by atoms with van der Waals surface area (Å²) in [6, 6.07) is 15.9. The Labute approximate surface area is 153 Å². The third kappa shape index (κ3) is 5.15. The Morgan fingerprint density at radius 1 is 0.885 bits per heavy atom. The molecule has 0 radical (unpaired) electrons. The first-order chi connectivity index (χ1) is 12.7. The first-order valence-electron chi connectivity index (χ1n) is 8.77. The number of nitrogens with one attached hydrogen (secondary N) is 2. The predicted molar refractivity (Wildman–Crippen MR) is 100 cm³/mol. The van der Waals surface area contributed by atoms with Gasteiger partial charge in [-0.05, 0) is 36.4 Å². The lowest BCUT2D eigenvalue weighted by atomic mass is 10.1. The molecule has 1 heterocycles. The van der Waals surface area contributed by atoms with Crippen LogP contribution < -0.4 is 10.6 Å². The Morgan fingerprint density at radius 3 is 2.15 bits per heavy atom. The molecule has 0 aliphatic carbocycles. The topological polar surface area (TPSA) is 70.7 Å². The van der Waals surface area contributed by atoms with E-state index in [1.54, 1.807) is 24.3 Å². The summed E-state index contributed by atoms with van der Waals surface area (Å²) >= 11 is 0. The van der Waals surface area contributed by atoms with Crippen LogP contribution in [-0.2, 0) is 4.74 Å². The van der Waals surface area contributed by atoms with Crippen LogP contribution in [0, 0.1) is 0 Å². The largest absolute Gasteiger partial charge is 0.379 e. The van der Waals surface area contributed by atoms with E-state index in [9.17, 15) is 9.59 Å². The maximum absolute atomic E-state index is 12.2. The smallest absolute Gasteiger partial charge is 0.255 e. The lowest BCUT2D eigenvalue weighted by Gasteiger charge is -2.26. The number of nitrogens with zero attached hydrogens (tertiary/aromatic N) is 1. The number of benzene rings is 2. The van der Waals surface area contributed by atoms with Crippen LogP contribution >= 0.6 is 0 Å². The van der Waals surface area contributed by atoms with E-state index in [0.29, 0.717) is 17.7 Å². The van der Waals surface area contributed by atoms with Crippen molar-refractivity contribution >= 4 is 17.5 Å². The molecule has 2 aromatic rings. The molecule has 1 saturated heterocycles. The van der Waals surface area contributed by atoms with Crippen molar-refractivity contribution in [2.24, 2.45) is 0 Å². The Morgan fingerprint density at radius 2 is 1.50 bits per heavy atom. The van der Waals surface area contributed by atoms with E-state index < -0.39 is 0 Å². The molecule has 0 atom stereocenters. The van der Waals surface area contributed by atoms with Gasteiger partial charge in [-0.3, -0.25) is 14.5 Å². The fraction of sp³-hybridized carbons (Fsp3) is 0.300. The van der Waals surface area contributed by atoms with Crippen molar-refractivity contribution in [1.82, 2.24) is 10.2 Å².